The number of hydrogen-bond acceptors (Lipinski definition) is 4. The minimum absolute atomic E-state index is 0.0281. The van der Waals surface area contributed by atoms with Gasteiger partial charge in [-0.1, -0.05) is 0 Å². The van der Waals surface area contributed by atoms with Crippen LogP contribution in [0.25, 0.3) is 0 Å². The van der Waals surface area contributed by atoms with Crippen LogP contribution in [0, 0.1) is 0 Å². The molecule has 1 aliphatic rings. The lowest BCUT2D eigenvalue weighted by molar-refractivity contribution is -0.137. The number of aliphatic hydroxyl groups is 1. The summed E-state index contributed by atoms with van der Waals surface area (Å²) in [6.07, 6.45) is 2.49. The average molecular weight is 266 g/mol. The van der Waals surface area contributed by atoms with Gasteiger partial charge in [-0.3, -0.25) is 9.69 Å². The molecule has 1 unspecified atom stereocenters. The second-order valence-corrected chi connectivity index (χ2v) is 5.73. The van der Waals surface area contributed by atoms with Crippen LogP contribution in [0.2, 0.25) is 0 Å². The average Bonchev–Trinajstić information content (AvgIpc) is 2.85. The van der Waals surface area contributed by atoms with E-state index in [-0.39, 0.29) is 18.1 Å². The van der Waals surface area contributed by atoms with E-state index in [4.69, 9.17) is 4.42 Å². The third-order valence-corrected chi connectivity index (χ3v) is 3.95. The number of aliphatic hydroxyl groups excluding tert-OH is 1. The highest BCUT2D eigenvalue weighted by Crippen LogP contribution is 2.28. The van der Waals surface area contributed by atoms with Crippen LogP contribution in [0.1, 0.15) is 26.0 Å². The highest BCUT2D eigenvalue weighted by Gasteiger charge is 2.40. The molecule has 1 aliphatic heterocycles. The van der Waals surface area contributed by atoms with Gasteiger partial charge in [0.1, 0.15) is 11.8 Å². The lowest BCUT2D eigenvalue weighted by Crippen LogP contribution is -2.53. The van der Waals surface area contributed by atoms with Gasteiger partial charge in [0, 0.05) is 19.1 Å². The Kier molecular flexibility index (Phi) is 3.96. The SMILES string of the molecule is CN1CCC(C)(C)N(Cc2ccco2)C(CO)C1=O. The van der Waals surface area contributed by atoms with Gasteiger partial charge in [0.25, 0.3) is 0 Å². The molecular weight excluding hydrogens is 244 g/mol. The lowest BCUT2D eigenvalue weighted by atomic mass is 9.96. The van der Waals surface area contributed by atoms with Crippen molar-refractivity contribution < 1.29 is 14.3 Å². The van der Waals surface area contributed by atoms with Gasteiger partial charge in [0.15, 0.2) is 0 Å². The number of nitrogens with zero attached hydrogens (tertiary/aromatic N) is 2. The van der Waals surface area contributed by atoms with Crippen molar-refractivity contribution in [2.24, 2.45) is 0 Å². The Morgan fingerprint density at radius 3 is 2.84 bits per heavy atom. The van der Waals surface area contributed by atoms with Crippen LogP contribution in [0.15, 0.2) is 22.8 Å². The Bertz CT molecular complexity index is 428. The summed E-state index contributed by atoms with van der Waals surface area (Å²) >= 11 is 0. The molecule has 1 N–H and O–H groups in total. The zero-order chi connectivity index (χ0) is 14.0. The van der Waals surface area contributed by atoms with E-state index in [2.05, 4.69) is 13.8 Å². The smallest absolute Gasteiger partial charge is 0.242 e. The lowest BCUT2D eigenvalue weighted by Gasteiger charge is -2.39. The third-order valence-electron chi connectivity index (χ3n) is 3.95. The normalized spacial score (nSPS) is 24.5. The first-order chi connectivity index (χ1) is 8.95. The topological polar surface area (TPSA) is 56.9 Å². The van der Waals surface area contributed by atoms with Crippen molar-refractivity contribution in [2.75, 3.05) is 20.2 Å². The molecule has 5 heteroatoms. The van der Waals surface area contributed by atoms with Gasteiger partial charge in [-0.05, 0) is 32.4 Å². The molecule has 2 heterocycles. The van der Waals surface area contributed by atoms with Crippen LogP contribution in [-0.4, -0.2) is 52.6 Å². The van der Waals surface area contributed by atoms with Gasteiger partial charge in [-0.15, -0.1) is 0 Å². The van der Waals surface area contributed by atoms with E-state index < -0.39 is 6.04 Å². The van der Waals surface area contributed by atoms with Crippen molar-refractivity contribution in [1.29, 1.82) is 0 Å². The minimum atomic E-state index is -0.507. The Morgan fingerprint density at radius 2 is 2.26 bits per heavy atom. The summed E-state index contributed by atoms with van der Waals surface area (Å²) in [5.41, 5.74) is -0.166. The standard InChI is InChI=1S/C14H22N2O3/c1-14(2)6-7-15(3)13(18)12(10-17)16(14)9-11-5-4-8-19-11/h4-5,8,12,17H,6-7,9-10H2,1-3H3. The summed E-state index contributed by atoms with van der Waals surface area (Å²) in [6, 6.07) is 3.22. The van der Waals surface area contributed by atoms with Crippen molar-refractivity contribution in [3.8, 4) is 0 Å². The zero-order valence-corrected chi connectivity index (χ0v) is 11.8. The van der Waals surface area contributed by atoms with E-state index in [9.17, 15) is 9.90 Å². The monoisotopic (exact) mass is 266 g/mol. The Balaban J connectivity index is 2.29. The van der Waals surface area contributed by atoms with Crippen molar-refractivity contribution in [3.05, 3.63) is 24.2 Å². The molecule has 106 valence electrons. The fraction of sp³-hybridized carbons (Fsp3) is 0.643. The summed E-state index contributed by atoms with van der Waals surface area (Å²) in [5, 5.41) is 9.62. The summed E-state index contributed by atoms with van der Waals surface area (Å²) in [7, 11) is 1.79. The summed E-state index contributed by atoms with van der Waals surface area (Å²) < 4.78 is 5.38. The number of carbonyl (C=O) groups is 1. The molecule has 1 fully saturated rings. The first kappa shape index (κ1) is 14.1. The number of likely N-dealkylation sites (N-methyl/N-ethyl adjacent to an activating group) is 1. The number of rotatable bonds is 3. The van der Waals surface area contributed by atoms with Crippen molar-refractivity contribution in [1.82, 2.24) is 9.80 Å². The maximum atomic E-state index is 12.3. The van der Waals surface area contributed by atoms with E-state index in [1.54, 1.807) is 18.2 Å². The summed E-state index contributed by atoms with van der Waals surface area (Å²) in [4.78, 5) is 16.0. The third kappa shape index (κ3) is 2.82. The fourth-order valence-electron chi connectivity index (χ4n) is 2.58. The quantitative estimate of drug-likeness (QED) is 0.889. The molecule has 1 aromatic heterocycles. The molecule has 1 atom stereocenters. The molecule has 0 aromatic carbocycles. The molecule has 0 aliphatic carbocycles. The van der Waals surface area contributed by atoms with E-state index in [0.717, 1.165) is 12.2 Å². The number of furan rings is 1. The van der Waals surface area contributed by atoms with Crippen molar-refractivity contribution >= 4 is 5.91 Å². The number of carbonyl (C=O) groups excluding carboxylic acids is 1. The Labute approximate surface area is 113 Å². The largest absolute Gasteiger partial charge is 0.468 e. The highest BCUT2D eigenvalue weighted by atomic mass is 16.3. The molecule has 0 saturated carbocycles. The summed E-state index contributed by atoms with van der Waals surface area (Å²) in [6.45, 7) is 5.27. The fourth-order valence-corrected chi connectivity index (χ4v) is 2.58. The zero-order valence-electron chi connectivity index (χ0n) is 11.8. The van der Waals surface area contributed by atoms with Crippen LogP contribution in [0.5, 0.6) is 0 Å². The van der Waals surface area contributed by atoms with Gasteiger partial charge >= 0.3 is 0 Å². The predicted octanol–water partition coefficient (Wildman–Crippen LogP) is 1.08. The molecule has 0 bridgehead atoms. The van der Waals surface area contributed by atoms with Gasteiger partial charge in [-0.25, -0.2) is 0 Å². The van der Waals surface area contributed by atoms with Gasteiger partial charge in [-0.2, -0.15) is 0 Å². The maximum absolute atomic E-state index is 12.3. The van der Waals surface area contributed by atoms with Crippen LogP contribution in [-0.2, 0) is 11.3 Å². The van der Waals surface area contributed by atoms with Crippen molar-refractivity contribution in [2.45, 2.75) is 38.4 Å². The Morgan fingerprint density at radius 1 is 1.53 bits per heavy atom. The van der Waals surface area contributed by atoms with E-state index >= 15 is 0 Å². The number of amides is 1. The molecule has 5 nitrogen and oxygen atoms in total. The van der Waals surface area contributed by atoms with E-state index in [0.29, 0.717) is 13.1 Å². The maximum Gasteiger partial charge on any atom is 0.242 e. The molecule has 0 spiro atoms. The van der Waals surface area contributed by atoms with E-state index in [1.807, 2.05) is 17.0 Å². The van der Waals surface area contributed by atoms with Gasteiger partial charge in [0.05, 0.1) is 19.4 Å². The van der Waals surface area contributed by atoms with E-state index in [1.165, 1.54) is 0 Å². The minimum Gasteiger partial charge on any atom is -0.468 e. The number of hydrogen-bond donors (Lipinski definition) is 1. The van der Waals surface area contributed by atoms with Crippen LogP contribution < -0.4 is 0 Å². The van der Waals surface area contributed by atoms with Gasteiger partial charge in [0.2, 0.25) is 5.91 Å². The molecule has 0 radical (unpaired) electrons. The first-order valence-corrected chi connectivity index (χ1v) is 6.60. The van der Waals surface area contributed by atoms with Crippen molar-refractivity contribution in [3.63, 3.8) is 0 Å². The molecular formula is C14H22N2O3. The van der Waals surface area contributed by atoms with Crippen LogP contribution in [0.3, 0.4) is 0 Å². The second-order valence-electron chi connectivity index (χ2n) is 5.73. The molecule has 1 amide bonds. The van der Waals surface area contributed by atoms with Crippen LogP contribution >= 0.6 is 0 Å². The summed E-state index contributed by atoms with van der Waals surface area (Å²) in [5.74, 6) is 0.781. The second kappa shape index (κ2) is 5.35. The first-order valence-electron chi connectivity index (χ1n) is 6.60. The molecule has 1 aromatic rings. The van der Waals surface area contributed by atoms with Crippen LogP contribution in [0.4, 0.5) is 0 Å². The van der Waals surface area contributed by atoms with Gasteiger partial charge < -0.3 is 14.4 Å². The molecule has 19 heavy (non-hydrogen) atoms. The predicted molar refractivity (Wildman–Crippen MR) is 71.5 cm³/mol. The molecule has 2 rings (SSSR count). The highest BCUT2D eigenvalue weighted by molar-refractivity contribution is 5.82. The Hall–Kier alpha value is -1.33. The molecule has 1 saturated heterocycles.